The summed E-state index contributed by atoms with van der Waals surface area (Å²) in [5.41, 5.74) is 0.575. The first-order valence-electron chi connectivity index (χ1n) is 4.51. The van der Waals surface area contributed by atoms with Crippen LogP contribution in [0.25, 0.3) is 0 Å². The van der Waals surface area contributed by atoms with Crippen molar-refractivity contribution in [3.05, 3.63) is 34.3 Å². The van der Waals surface area contributed by atoms with Crippen molar-refractivity contribution in [2.45, 2.75) is 13.3 Å². The lowest BCUT2D eigenvalue weighted by atomic mass is 10.0. The maximum atomic E-state index is 11.5. The minimum absolute atomic E-state index is 0.105. The van der Waals surface area contributed by atoms with E-state index in [1.54, 1.807) is 19.1 Å². The molecule has 0 fully saturated rings. The third-order valence-electron chi connectivity index (χ3n) is 2.01. The van der Waals surface area contributed by atoms with E-state index in [2.05, 4.69) is 4.74 Å². The number of ketones is 1. The summed E-state index contributed by atoms with van der Waals surface area (Å²) >= 11 is 5.75. The third-order valence-corrected chi connectivity index (χ3v) is 2.24. The van der Waals surface area contributed by atoms with E-state index in [0.717, 1.165) is 0 Å². The molecular weight excluding hydrogens is 216 g/mol. The molecule has 0 N–H and O–H groups in total. The lowest BCUT2D eigenvalue weighted by molar-refractivity contribution is 0.0597. The predicted octanol–water partition coefficient (Wildman–Crippen LogP) is 2.72. The largest absolute Gasteiger partial charge is 0.465 e. The van der Waals surface area contributed by atoms with Gasteiger partial charge in [-0.15, -0.1) is 0 Å². The normalized spacial score (nSPS) is 9.80. The Bertz CT molecular complexity index is 399. The number of benzene rings is 1. The number of esters is 1. The maximum Gasteiger partial charge on any atom is 0.338 e. The van der Waals surface area contributed by atoms with E-state index in [1.807, 2.05) is 0 Å². The predicted molar refractivity (Wildman–Crippen MR) is 57.4 cm³/mol. The van der Waals surface area contributed by atoms with Gasteiger partial charge in [0.15, 0.2) is 5.78 Å². The van der Waals surface area contributed by atoms with E-state index in [0.29, 0.717) is 17.0 Å². The van der Waals surface area contributed by atoms with Gasteiger partial charge in [0, 0.05) is 17.0 Å². The van der Waals surface area contributed by atoms with E-state index >= 15 is 0 Å². The van der Waals surface area contributed by atoms with Crippen LogP contribution in [0.15, 0.2) is 18.2 Å². The van der Waals surface area contributed by atoms with Crippen LogP contribution in [0.2, 0.25) is 5.02 Å². The monoisotopic (exact) mass is 226 g/mol. The number of rotatable bonds is 3. The van der Waals surface area contributed by atoms with Gasteiger partial charge in [-0.2, -0.15) is 0 Å². The molecule has 15 heavy (non-hydrogen) atoms. The number of methoxy groups -OCH3 is 1. The molecule has 0 bridgehead atoms. The molecule has 0 radical (unpaired) electrons. The van der Waals surface area contributed by atoms with Crippen LogP contribution >= 0.6 is 11.6 Å². The smallest absolute Gasteiger partial charge is 0.338 e. The number of halogens is 1. The van der Waals surface area contributed by atoms with E-state index in [9.17, 15) is 9.59 Å². The first kappa shape index (κ1) is 11.7. The summed E-state index contributed by atoms with van der Waals surface area (Å²) in [5.74, 6) is -0.652. The molecule has 0 aliphatic rings. The molecule has 0 spiro atoms. The molecule has 0 unspecified atom stereocenters. The van der Waals surface area contributed by atoms with E-state index in [4.69, 9.17) is 11.6 Å². The molecule has 0 atom stereocenters. The van der Waals surface area contributed by atoms with Crippen molar-refractivity contribution in [3.8, 4) is 0 Å². The summed E-state index contributed by atoms with van der Waals surface area (Å²) in [6.07, 6.45) is 0.339. The Morgan fingerprint density at radius 3 is 2.53 bits per heavy atom. The van der Waals surface area contributed by atoms with Gasteiger partial charge in [-0.1, -0.05) is 18.5 Å². The topological polar surface area (TPSA) is 43.4 Å². The van der Waals surface area contributed by atoms with Gasteiger partial charge in [-0.3, -0.25) is 4.79 Å². The number of Topliss-reactive ketones (excluding diaryl/α,β-unsaturated/α-hetero) is 1. The second kappa shape index (κ2) is 4.94. The van der Waals surface area contributed by atoms with Crippen LogP contribution in [-0.2, 0) is 4.74 Å². The number of hydrogen-bond donors (Lipinski definition) is 0. The zero-order chi connectivity index (χ0) is 11.4. The van der Waals surface area contributed by atoms with Crippen LogP contribution in [0.5, 0.6) is 0 Å². The first-order valence-corrected chi connectivity index (χ1v) is 4.89. The van der Waals surface area contributed by atoms with Crippen LogP contribution in [0.1, 0.15) is 34.1 Å². The van der Waals surface area contributed by atoms with Crippen molar-refractivity contribution in [2.75, 3.05) is 7.11 Å². The van der Waals surface area contributed by atoms with Crippen molar-refractivity contribution < 1.29 is 14.3 Å². The fourth-order valence-corrected chi connectivity index (χ4v) is 1.40. The summed E-state index contributed by atoms with van der Waals surface area (Å²) in [6.45, 7) is 1.73. The molecule has 0 aliphatic carbocycles. The van der Waals surface area contributed by atoms with Crippen molar-refractivity contribution in [1.82, 2.24) is 0 Å². The third kappa shape index (κ3) is 2.57. The summed E-state index contributed by atoms with van der Waals surface area (Å²) in [6, 6.07) is 4.56. The van der Waals surface area contributed by atoms with Gasteiger partial charge in [0.25, 0.3) is 0 Å². The number of carbonyl (C=O) groups excluding carboxylic acids is 2. The van der Waals surface area contributed by atoms with Crippen molar-refractivity contribution in [2.24, 2.45) is 0 Å². The zero-order valence-corrected chi connectivity index (χ0v) is 9.30. The molecule has 0 saturated heterocycles. The standard InChI is InChI=1S/C11H11ClO3/c1-3-10(13)8-5-4-7(12)6-9(8)11(14)15-2/h4-6H,3H2,1-2H3. The molecule has 3 nitrogen and oxygen atoms in total. The molecule has 0 aliphatic heterocycles. The fourth-order valence-electron chi connectivity index (χ4n) is 1.23. The van der Waals surface area contributed by atoms with Gasteiger partial charge in [-0.05, 0) is 18.2 Å². The van der Waals surface area contributed by atoms with Crippen LogP contribution in [0.3, 0.4) is 0 Å². The Kier molecular flexibility index (Phi) is 3.86. The number of ether oxygens (including phenoxy) is 1. The zero-order valence-electron chi connectivity index (χ0n) is 8.54. The summed E-state index contributed by atoms with van der Waals surface area (Å²) in [4.78, 5) is 22.9. The highest BCUT2D eigenvalue weighted by atomic mass is 35.5. The molecule has 1 aromatic carbocycles. The van der Waals surface area contributed by atoms with Gasteiger partial charge >= 0.3 is 5.97 Å². The minimum atomic E-state index is -0.547. The molecule has 1 aromatic rings. The molecular formula is C11H11ClO3. The Morgan fingerprint density at radius 2 is 2.00 bits per heavy atom. The van der Waals surface area contributed by atoms with Crippen LogP contribution in [0, 0.1) is 0 Å². The lowest BCUT2D eigenvalue weighted by Crippen LogP contribution is -2.09. The molecule has 0 aromatic heterocycles. The van der Waals surface area contributed by atoms with Gasteiger partial charge < -0.3 is 4.74 Å². The van der Waals surface area contributed by atoms with Crippen molar-refractivity contribution in [1.29, 1.82) is 0 Å². The second-order valence-corrected chi connectivity index (χ2v) is 3.39. The average Bonchev–Trinajstić information content (AvgIpc) is 2.26. The summed E-state index contributed by atoms with van der Waals surface area (Å²) in [7, 11) is 1.27. The highest BCUT2D eigenvalue weighted by Gasteiger charge is 2.16. The summed E-state index contributed by atoms with van der Waals surface area (Å²) < 4.78 is 4.58. The average molecular weight is 227 g/mol. The second-order valence-electron chi connectivity index (χ2n) is 2.96. The van der Waals surface area contributed by atoms with Crippen LogP contribution in [-0.4, -0.2) is 18.9 Å². The quantitative estimate of drug-likeness (QED) is 0.588. The van der Waals surface area contributed by atoms with E-state index < -0.39 is 5.97 Å². The fraction of sp³-hybridized carbons (Fsp3) is 0.273. The maximum absolute atomic E-state index is 11.5. The van der Waals surface area contributed by atoms with E-state index in [-0.39, 0.29) is 11.3 Å². The molecule has 0 heterocycles. The summed E-state index contributed by atoms with van der Waals surface area (Å²) in [5, 5.41) is 0.406. The van der Waals surface area contributed by atoms with Gasteiger partial charge in [0.2, 0.25) is 0 Å². The minimum Gasteiger partial charge on any atom is -0.465 e. The van der Waals surface area contributed by atoms with E-state index in [1.165, 1.54) is 13.2 Å². The molecule has 4 heteroatoms. The molecule has 80 valence electrons. The first-order chi connectivity index (χ1) is 7.10. The van der Waals surface area contributed by atoms with Crippen molar-refractivity contribution >= 4 is 23.4 Å². The van der Waals surface area contributed by atoms with Gasteiger partial charge in [-0.25, -0.2) is 4.79 Å². The molecule has 0 amide bonds. The Morgan fingerprint density at radius 1 is 1.33 bits per heavy atom. The Labute approximate surface area is 93.0 Å². The van der Waals surface area contributed by atoms with Crippen molar-refractivity contribution in [3.63, 3.8) is 0 Å². The van der Waals surface area contributed by atoms with Gasteiger partial charge in [0.1, 0.15) is 0 Å². The Balaban J connectivity index is 3.26. The SMILES string of the molecule is CCC(=O)c1ccc(Cl)cc1C(=O)OC. The highest BCUT2D eigenvalue weighted by molar-refractivity contribution is 6.31. The lowest BCUT2D eigenvalue weighted by Gasteiger charge is -2.06. The molecule has 0 saturated carbocycles. The van der Waals surface area contributed by atoms with Gasteiger partial charge in [0.05, 0.1) is 12.7 Å². The van der Waals surface area contributed by atoms with Crippen LogP contribution < -0.4 is 0 Å². The molecule has 1 rings (SSSR count). The van der Waals surface area contributed by atoms with Crippen LogP contribution in [0.4, 0.5) is 0 Å². The number of hydrogen-bond acceptors (Lipinski definition) is 3. The highest BCUT2D eigenvalue weighted by Crippen LogP contribution is 2.18. The Hall–Kier alpha value is -1.35. The number of carbonyl (C=O) groups is 2.